The van der Waals surface area contributed by atoms with Gasteiger partial charge in [-0.15, -0.1) is 0 Å². The fraction of sp³-hybridized carbons (Fsp3) is 0.0441. The van der Waals surface area contributed by atoms with Crippen molar-refractivity contribution in [2.24, 2.45) is 0 Å². The van der Waals surface area contributed by atoms with Gasteiger partial charge in [-0.25, -0.2) is 0 Å². The average Bonchev–Trinajstić information content (AvgIpc) is 3.99. The van der Waals surface area contributed by atoms with E-state index in [1.54, 1.807) is 0 Å². The molecule has 0 radical (unpaired) electrons. The van der Waals surface area contributed by atoms with Crippen molar-refractivity contribution in [3.63, 3.8) is 0 Å². The predicted octanol–water partition coefficient (Wildman–Crippen LogP) is 18.5. The Balaban J connectivity index is 0.839. The number of fused-ring (bicyclic) bond motifs is 6. The van der Waals surface area contributed by atoms with Crippen LogP contribution in [-0.4, -0.2) is 15.3 Å². The molecular weight excluding hydrogens is 887 g/mol. The van der Waals surface area contributed by atoms with Crippen molar-refractivity contribution in [3.05, 3.63) is 266 Å². The molecule has 12 aromatic rings. The summed E-state index contributed by atoms with van der Waals surface area (Å²) in [5.41, 5.74) is 21.1. The van der Waals surface area contributed by atoms with Gasteiger partial charge in [0, 0.05) is 73.4 Å². The van der Waals surface area contributed by atoms with Gasteiger partial charge in [0.25, 0.3) is 0 Å². The minimum Gasteiger partial charge on any atom is -0.355 e. The maximum atomic E-state index is 8.80. The third kappa shape index (κ3) is 7.79. The Morgan fingerprint density at radius 1 is 0.466 bits per heavy atom. The zero-order valence-corrected chi connectivity index (χ0v) is 40.5. The van der Waals surface area contributed by atoms with E-state index in [4.69, 9.17) is 5.41 Å². The quantitative estimate of drug-likeness (QED) is 0.127. The summed E-state index contributed by atoms with van der Waals surface area (Å²) in [6.07, 6.45) is 7.12. The van der Waals surface area contributed by atoms with Crippen LogP contribution in [0.1, 0.15) is 36.1 Å². The normalized spacial score (nSPS) is 13.1. The number of rotatable bonds is 11. The number of nitrogens with one attached hydrogen (secondary N) is 2. The van der Waals surface area contributed by atoms with Crippen LogP contribution in [0.3, 0.4) is 0 Å². The summed E-state index contributed by atoms with van der Waals surface area (Å²) in [5, 5.41) is 16.1. The van der Waals surface area contributed by atoms with E-state index in [0.717, 1.165) is 84.9 Å². The van der Waals surface area contributed by atoms with Crippen molar-refractivity contribution in [3.8, 4) is 44.8 Å². The summed E-state index contributed by atoms with van der Waals surface area (Å²) in [6, 6.07) is 86.8. The number of aromatic nitrogens is 2. The Morgan fingerprint density at radius 3 is 1.53 bits per heavy atom. The van der Waals surface area contributed by atoms with Crippen LogP contribution in [0.25, 0.3) is 83.5 Å². The average molecular weight is 938 g/mol. The molecule has 0 fully saturated rings. The van der Waals surface area contributed by atoms with E-state index in [-0.39, 0.29) is 0 Å². The van der Waals surface area contributed by atoms with Crippen molar-refractivity contribution < 1.29 is 0 Å². The van der Waals surface area contributed by atoms with E-state index in [1.807, 2.05) is 6.07 Å². The zero-order valence-electron chi connectivity index (χ0n) is 40.5. The lowest BCUT2D eigenvalue weighted by Gasteiger charge is -2.26. The molecule has 0 saturated heterocycles. The largest absolute Gasteiger partial charge is 0.355 e. The summed E-state index contributed by atoms with van der Waals surface area (Å²) in [6.45, 7) is 2.34. The number of allylic oxidation sites excluding steroid dienone is 1. The van der Waals surface area contributed by atoms with Crippen LogP contribution in [-0.2, 0) is 0 Å². The molecule has 13 rings (SSSR count). The van der Waals surface area contributed by atoms with E-state index in [1.165, 1.54) is 50.5 Å². The Kier molecular flexibility index (Phi) is 11.0. The Labute approximate surface area is 425 Å². The molecule has 2 aromatic heterocycles. The highest BCUT2D eigenvalue weighted by Gasteiger charge is 2.24. The lowest BCUT2D eigenvalue weighted by atomic mass is 9.90. The molecule has 2 N–H and O–H groups in total. The van der Waals surface area contributed by atoms with Gasteiger partial charge in [0.05, 0.1) is 16.6 Å². The number of benzene rings is 10. The lowest BCUT2D eigenvalue weighted by Crippen LogP contribution is -2.09. The van der Waals surface area contributed by atoms with Gasteiger partial charge in [-0.05, 0) is 142 Å². The molecule has 0 spiro atoms. The van der Waals surface area contributed by atoms with Crippen LogP contribution < -0.4 is 10.2 Å². The Hall–Kier alpha value is -9.45. The van der Waals surface area contributed by atoms with Gasteiger partial charge < -0.3 is 24.8 Å². The maximum absolute atomic E-state index is 8.80. The highest BCUT2D eigenvalue weighted by molar-refractivity contribution is 6.16. The standard InChI is InChI=1S/C68H51N5/c1-46-14-13-23-65-67(46)61-41-32-53(70-63-43-42-60-59-21-11-12-22-64(59)73(68(60)62(63)45-69)54-19-9-4-10-20-54)44-66(61)72(65)58-39-30-52(31-40-58)51-28-37-57(38-29-51)71(55-33-24-49(25-34-55)47-15-5-2-6-16-47)56-35-26-50(27-36-56)48-17-7-3-8-18-48/h2-13,15-46,69-70H,14H2,1H3. The van der Waals surface area contributed by atoms with Crippen LogP contribution in [0, 0.1) is 5.41 Å². The molecule has 10 aromatic carbocycles. The Morgan fingerprint density at radius 2 is 0.959 bits per heavy atom. The van der Waals surface area contributed by atoms with Gasteiger partial charge in [0.15, 0.2) is 0 Å². The van der Waals surface area contributed by atoms with Crippen molar-refractivity contribution in [2.75, 3.05) is 10.2 Å². The molecule has 348 valence electrons. The predicted molar refractivity (Wildman–Crippen MR) is 308 cm³/mol. The molecule has 1 atom stereocenters. The fourth-order valence-corrected chi connectivity index (χ4v) is 11.1. The molecule has 1 unspecified atom stereocenters. The number of anilines is 5. The summed E-state index contributed by atoms with van der Waals surface area (Å²) >= 11 is 0. The van der Waals surface area contributed by atoms with Crippen LogP contribution in [0.2, 0.25) is 0 Å². The van der Waals surface area contributed by atoms with Gasteiger partial charge in [-0.2, -0.15) is 0 Å². The number of para-hydroxylation sites is 2. The summed E-state index contributed by atoms with van der Waals surface area (Å²) < 4.78 is 4.71. The summed E-state index contributed by atoms with van der Waals surface area (Å²) in [4.78, 5) is 2.34. The van der Waals surface area contributed by atoms with E-state index < -0.39 is 0 Å². The van der Waals surface area contributed by atoms with Crippen molar-refractivity contribution in [1.29, 1.82) is 5.41 Å². The molecule has 5 nitrogen and oxygen atoms in total. The first-order chi connectivity index (χ1) is 36.1. The second kappa shape index (κ2) is 18.4. The number of nitrogens with zero attached hydrogens (tertiary/aromatic N) is 3. The van der Waals surface area contributed by atoms with Gasteiger partial charge in [0.1, 0.15) is 0 Å². The molecule has 1 aliphatic carbocycles. The number of hydrogen-bond acceptors (Lipinski definition) is 3. The third-order valence-corrected chi connectivity index (χ3v) is 14.7. The van der Waals surface area contributed by atoms with Gasteiger partial charge in [0.2, 0.25) is 0 Å². The zero-order chi connectivity index (χ0) is 48.8. The van der Waals surface area contributed by atoms with Crippen LogP contribution >= 0.6 is 0 Å². The monoisotopic (exact) mass is 937 g/mol. The van der Waals surface area contributed by atoms with Gasteiger partial charge in [-0.3, -0.25) is 0 Å². The van der Waals surface area contributed by atoms with E-state index in [9.17, 15) is 0 Å². The van der Waals surface area contributed by atoms with Gasteiger partial charge in [-0.1, -0.05) is 171 Å². The summed E-state index contributed by atoms with van der Waals surface area (Å²) in [7, 11) is 0. The molecule has 5 heteroatoms. The second-order valence-corrected chi connectivity index (χ2v) is 19.0. The van der Waals surface area contributed by atoms with E-state index in [0.29, 0.717) is 5.92 Å². The first-order valence-electron chi connectivity index (χ1n) is 25.1. The minimum absolute atomic E-state index is 0.385. The SMILES string of the molecule is CC1CC=Cc2c1c1ccc(Nc3ccc4c5ccccc5n(-c5ccccc5)c4c3C=N)cc1n2-c1ccc(-c2ccc(N(c3ccc(-c4ccccc4)cc3)c3ccc(-c4ccccc4)cc3)cc2)cc1. The van der Waals surface area contributed by atoms with Crippen LogP contribution in [0.15, 0.2) is 249 Å². The highest BCUT2D eigenvalue weighted by atomic mass is 15.1. The number of hydrogen-bond donors (Lipinski definition) is 2. The minimum atomic E-state index is 0.385. The smallest absolute Gasteiger partial charge is 0.0649 e. The molecule has 0 amide bonds. The van der Waals surface area contributed by atoms with E-state index in [2.05, 4.69) is 275 Å². The van der Waals surface area contributed by atoms with Crippen LogP contribution in [0.5, 0.6) is 0 Å². The lowest BCUT2D eigenvalue weighted by molar-refractivity contribution is 0.773. The van der Waals surface area contributed by atoms with Crippen molar-refractivity contribution in [2.45, 2.75) is 19.3 Å². The first-order valence-corrected chi connectivity index (χ1v) is 25.1. The van der Waals surface area contributed by atoms with Crippen LogP contribution in [0.4, 0.5) is 28.4 Å². The molecule has 1 aliphatic rings. The van der Waals surface area contributed by atoms with Crippen molar-refractivity contribution in [1.82, 2.24) is 9.13 Å². The first kappa shape index (κ1) is 43.6. The molecule has 0 bridgehead atoms. The highest BCUT2D eigenvalue weighted by Crippen LogP contribution is 2.43. The molecule has 0 aliphatic heterocycles. The van der Waals surface area contributed by atoms with Crippen molar-refractivity contribution >= 4 is 73.4 Å². The maximum Gasteiger partial charge on any atom is 0.0649 e. The fourth-order valence-electron chi connectivity index (χ4n) is 11.1. The van der Waals surface area contributed by atoms with E-state index >= 15 is 0 Å². The molecule has 73 heavy (non-hydrogen) atoms. The Bertz CT molecular complexity index is 3920. The van der Waals surface area contributed by atoms with Gasteiger partial charge >= 0.3 is 0 Å². The molecular formula is C68H51N5. The topological polar surface area (TPSA) is 49.0 Å². The molecule has 0 saturated carbocycles. The second-order valence-electron chi connectivity index (χ2n) is 19.0. The summed E-state index contributed by atoms with van der Waals surface area (Å²) in [5.74, 6) is 0.385. The molecule has 2 heterocycles. The third-order valence-electron chi connectivity index (χ3n) is 14.7.